The van der Waals surface area contributed by atoms with E-state index in [4.69, 9.17) is 4.74 Å². The van der Waals surface area contributed by atoms with E-state index in [0.29, 0.717) is 6.04 Å². The summed E-state index contributed by atoms with van der Waals surface area (Å²) in [4.78, 5) is 13.6. The van der Waals surface area contributed by atoms with Crippen LogP contribution in [0, 0.1) is 0 Å². The highest BCUT2D eigenvalue weighted by atomic mass is 16.5. The lowest BCUT2D eigenvalue weighted by molar-refractivity contribution is -0.143. The minimum atomic E-state index is -0.160. The predicted octanol–water partition coefficient (Wildman–Crippen LogP) is 1.26. The van der Waals surface area contributed by atoms with Crippen LogP contribution in [0.25, 0.3) is 0 Å². The van der Waals surface area contributed by atoms with Crippen molar-refractivity contribution in [1.29, 1.82) is 0 Å². The summed E-state index contributed by atoms with van der Waals surface area (Å²) in [6, 6.07) is 0.251. The van der Waals surface area contributed by atoms with Gasteiger partial charge in [-0.1, -0.05) is 19.8 Å². The number of esters is 1. The van der Waals surface area contributed by atoms with Crippen molar-refractivity contribution < 1.29 is 9.53 Å². The first-order valence-corrected chi connectivity index (χ1v) is 6.00. The standard InChI is InChI=1S/C12H26N2O2/c1-6-7-8-11(12(15)16-5)13-9-10(2)14(3)4/h10-11,13H,6-9H2,1-5H3. The molecule has 0 amide bonds. The van der Waals surface area contributed by atoms with Crippen molar-refractivity contribution in [3.05, 3.63) is 0 Å². The number of nitrogens with one attached hydrogen (secondary N) is 1. The molecule has 0 aliphatic heterocycles. The molecule has 4 heteroatoms. The van der Waals surface area contributed by atoms with Crippen molar-refractivity contribution >= 4 is 5.97 Å². The van der Waals surface area contributed by atoms with E-state index < -0.39 is 0 Å². The number of nitrogens with zero attached hydrogens (tertiary/aromatic N) is 1. The fourth-order valence-electron chi connectivity index (χ4n) is 1.35. The Morgan fingerprint density at radius 3 is 2.50 bits per heavy atom. The molecule has 0 aliphatic carbocycles. The summed E-state index contributed by atoms with van der Waals surface area (Å²) in [5.74, 6) is -0.153. The van der Waals surface area contributed by atoms with Gasteiger partial charge in [0.15, 0.2) is 0 Å². The van der Waals surface area contributed by atoms with E-state index in [1.165, 1.54) is 7.11 Å². The molecule has 0 spiro atoms. The van der Waals surface area contributed by atoms with Gasteiger partial charge in [-0.3, -0.25) is 4.79 Å². The molecule has 0 heterocycles. The third-order valence-electron chi connectivity index (χ3n) is 2.87. The minimum Gasteiger partial charge on any atom is -0.468 e. The SMILES string of the molecule is CCCCC(NCC(C)N(C)C)C(=O)OC. The Bertz CT molecular complexity index is 195. The number of methoxy groups -OCH3 is 1. The highest BCUT2D eigenvalue weighted by molar-refractivity contribution is 5.75. The summed E-state index contributed by atoms with van der Waals surface area (Å²) in [7, 11) is 5.51. The summed E-state index contributed by atoms with van der Waals surface area (Å²) in [6.45, 7) is 5.05. The van der Waals surface area contributed by atoms with Crippen LogP contribution in [0.2, 0.25) is 0 Å². The lowest BCUT2D eigenvalue weighted by Crippen LogP contribution is -2.44. The van der Waals surface area contributed by atoms with Crippen LogP contribution < -0.4 is 5.32 Å². The number of hydrogen-bond donors (Lipinski definition) is 1. The highest BCUT2D eigenvalue weighted by Crippen LogP contribution is 2.03. The summed E-state index contributed by atoms with van der Waals surface area (Å²) in [5.41, 5.74) is 0. The number of rotatable bonds is 8. The smallest absolute Gasteiger partial charge is 0.322 e. The van der Waals surface area contributed by atoms with Gasteiger partial charge in [-0.2, -0.15) is 0 Å². The molecule has 0 saturated heterocycles. The van der Waals surface area contributed by atoms with Gasteiger partial charge >= 0.3 is 5.97 Å². The van der Waals surface area contributed by atoms with Crippen LogP contribution in [-0.4, -0.2) is 50.7 Å². The maximum absolute atomic E-state index is 11.5. The molecule has 0 fully saturated rings. The van der Waals surface area contributed by atoms with E-state index in [9.17, 15) is 4.79 Å². The maximum atomic E-state index is 11.5. The van der Waals surface area contributed by atoms with Gasteiger partial charge in [-0.25, -0.2) is 0 Å². The van der Waals surface area contributed by atoms with Gasteiger partial charge in [0.05, 0.1) is 7.11 Å². The summed E-state index contributed by atoms with van der Waals surface area (Å²) in [5, 5.41) is 3.27. The van der Waals surface area contributed by atoms with Crippen LogP contribution in [-0.2, 0) is 9.53 Å². The fraction of sp³-hybridized carbons (Fsp3) is 0.917. The monoisotopic (exact) mass is 230 g/mol. The molecule has 0 aromatic carbocycles. The Labute approximate surface area is 99.3 Å². The van der Waals surface area contributed by atoms with Crippen LogP contribution in [0.3, 0.4) is 0 Å². The number of unbranched alkanes of at least 4 members (excludes halogenated alkanes) is 1. The van der Waals surface area contributed by atoms with E-state index in [1.807, 2.05) is 14.1 Å². The van der Waals surface area contributed by atoms with Gasteiger partial charge in [0.25, 0.3) is 0 Å². The summed E-state index contributed by atoms with van der Waals surface area (Å²) >= 11 is 0. The lowest BCUT2D eigenvalue weighted by atomic mass is 10.1. The molecule has 0 radical (unpaired) electrons. The molecule has 1 N–H and O–H groups in total. The predicted molar refractivity (Wildman–Crippen MR) is 66.5 cm³/mol. The normalized spacial score (nSPS) is 14.9. The molecule has 2 unspecified atom stereocenters. The Morgan fingerprint density at radius 1 is 1.44 bits per heavy atom. The Kier molecular flexibility index (Phi) is 8.21. The summed E-state index contributed by atoms with van der Waals surface area (Å²) in [6.07, 6.45) is 2.99. The molecular weight excluding hydrogens is 204 g/mol. The van der Waals surface area contributed by atoms with Crippen molar-refractivity contribution in [1.82, 2.24) is 10.2 Å². The van der Waals surface area contributed by atoms with E-state index in [2.05, 4.69) is 24.1 Å². The van der Waals surface area contributed by atoms with Gasteiger partial charge in [-0.15, -0.1) is 0 Å². The average Bonchev–Trinajstić information content (AvgIpc) is 2.27. The van der Waals surface area contributed by atoms with Gasteiger partial charge in [0.1, 0.15) is 6.04 Å². The molecule has 2 atom stereocenters. The van der Waals surface area contributed by atoms with Gasteiger partial charge in [0.2, 0.25) is 0 Å². The second-order valence-electron chi connectivity index (χ2n) is 4.44. The second kappa shape index (κ2) is 8.53. The molecule has 0 saturated carbocycles. The first-order chi connectivity index (χ1) is 7.52. The van der Waals surface area contributed by atoms with Gasteiger partial charge < -0.3 is 15.0 Å². The van der Waals surface area contributed by atoms with E-state index in [0.717, 1.165) is 25.8 Å². The third kappa shape index (κ3) is 6.08. The zero-order valence-electron chi connectivity index (χ0n) is 11.2. The Hall–Kier alpha value is -0.610. The first kappa shape index (κ1) is 15.4. The average molecular weight is 230 g/mol. The maximum Gasteiger partial charge on any atom is 0.322 e. The second-order valence-corrected chi connectivity index (χ2v) is 4.44. The number of hydrogen-bond acceptors (Lipinski definition) is 4. The molecule has 0 aliphatic rings. The molecule has 0 aromatic heterocycles. The largest absolute Gasteiger partial charge is 0.468 e. The van der Waals surface area contributed by atoms with Crippen LogP contribution in [0.1, 0.15) is 33.1 Å². The molecule has 16 heavy (non-hydrogen) atoms. The van der Waals surface area contributed by atoms with Crippen molar-refractivity contribution in [3.8, 4) is 0 Å². The Morgan fingerprint density at radius 2 is 2.06 bits per heavy atom. The Balaban J connectivity index is 4.05. The number of ether oxygens (including phenoxy) is 1. The van der Waals surface area contributed by atoms with Crippen molar-refractivity contribution in [2.24, 2.45) is 0 Å². The fourth-order valence-corrected chi connectivity index (χ4v) is 1.35. The number of carbonyl (C=O) groups is 1. The number of carbonyl (C=O) groups excluding carboxylic acids is 1. The summed E-state index contributed by atoms with van der Waals surface area (Å²) < 4.78 is 4.79. The molecule has 96 valence electrons. The van der Waals surface area contributed by atoms with E-state index >= 15 is 0 Å². The van der Waals surface area contributed by atoms with Crippen LogP contribution in [0.15, 0.2) is 0 Å². The highest BCUT2D eigenvalue weighted by Gasteiger charge is 2.18. The molecule has 0 bridgehead atoms. The third-order valence-corrected chi connectivity index (χ3v) is 2.87. The molecular formula is C12H26N2O2. The molecule has 0 rings (SSSR count). The topological polar surface area (TPSA) is 41.6 Å². The first-order valence-electron chi connectivity index (χ1n) is 6.00. The zero-order valence-corrected chi connectivity index (χ0v) is 11.2. The van der Waals surface area contributed by atoms with Crippen LogP contribution >= 0.6 is 0 Å². The van der Waals surface area contributed by atoms with Crippen molar-refractivity contribution in [2.45, 2.75) is 45.2 Å². The zero-order chi connectivity index (χ0) is 12.6. The van der Waals surface area contributed by atoms with E-state index in [1.54, 1.807) is 0 Å². The molecule has 0 aromatic rings. The molecule has 4 nitrogen and oxygen atoms in total. The lowest BCUT2D eigenvalue weighted by Gasteiger charge is -2.23. The van der Waals surface area contributed by atoms with Crippen LogP contribution in [0.4, 0.5) is 0 Å². The van der Waals surface area contributed by atoms with Crippen molar-refractivity contribution in [2.75, 3.05) is 27.7 Å². The minimum absolute atomic E-state index is 0.153. The van der Waals surface area contributed by atoms with Gasteiger partial charge in [-0.05, 0) is 27.4 Å². The number of likely N-dealkylation sites (N-methyl/N-ethyl adjacent to an activating group) is 1. The quantitative estimate of drug-likeness (QED) is 0.637. The van der Waals surface area contributed by atoms with Crippen LogP contribution in [0.5, 0.6) is 0 Å². The van der Waals surface area contributed by atoms with Gasteiger partial charge in [0, 0.05) is 12.6 Å². The van der Waals surface area contributed by atoms with Crippen molar-refractivity contribution in [3.63, 3.8) is 0 Å². The van der Waals surface area contributed by atoms with E-state index in [-0.39, 0.29) is 12.0 Å².